The number of hydrogen-bond acceptors (Lipinski definition) is 4. The van der Waals surface area contributed by atoms with Crippen LogP contribution in [0.1, 0.15) is 25.8 Å². The van der Waals surface area contributed by atoms with Crippen molar-refractivity contribution in [2.45, 2.75) is 32.9 Å². The molecule has 1 atom stereocenters. The maximum atomic E-state index is 9.49. The summed E-state index contributed by atoms with van der Waals surface area (Å²) in [5, 5.41) is 17.6. The molecular weight excluding hydrogens is 360 g/mol. The maximum absolute atomic E-state index is 9.49. The molecule has 5 nitrogen and oxygen atoms in total. The van der Waals surface area contributed by atoms with Crippen molar-refractivity contribution in [3.8, 4) is 11.3 Å². The van der Waals surface area contributed by atoms with Crippen LogP contribution in [-0.4, -0.2) is 63.9 Å². The van der Waals surface area contributed by atoms with Crippen LogP contribution in [0.15, 0.2) is 42.1 Å². The van der Waals surface area contributed by atoms with Gasteiger partial charge in [0, 0.05) is 56.0 Å². The van der Waals surface area contributed by atoms with Crippen LogP contribution in [0.25, 0.3) is 11.3 Å². The quantitative estimate of drug-likeness (QED) is 0.712. The molecule has 1 saturated heterocycles. The Bertz CT molecular complexity index is 752. The highest BCUT2D eigenvalue weighted by molar-refractivity contribution is 6.30. The predicted molar refractivity (Wildman–Crippen MR) is 111 cm³/mol. The van der Waals surface area contributed by atoms with Gasteiger partial charge in [0.25, 0.3) is 0 Å². The molecule has 0 bridgehead atoms. The van der Waals surface area contributed by atoms with E-state index in [1.807, 2.05) is 30.5 Å². The van der Waals surface area contributed by atoms with Gasteiger partial charge in [-0.2, -0.15) is 5.10 Å². The van der Waals surface area contributed by atoms with Crippen molar-refractivity contribution in [3.05, 3.63) is 52.7 Å². The van der Waals surface area contributed by atoms with Crippen molar-refractivity contribution < 1.29 is 5.11 Å². The SMILES string of the molecule is CC(C)=CCN1CCN(Cc2cn[nH]c2-c2ccc(Cl)cc2)CC1CCO. The van der Waals surface area contributed by atoms with Gasteiger partial charge in [0.15, 0.2) is 0 Å². The third-order valence-corrected chi connectivity index (χ3v) is 5.38. The van der Waals surface area contributed by atoms with Crippen LogP contribution in [-0.2, 0) is 6.54 Å². The van der Waals surface area contributed by atoms with Crippen molar-refractivity contribution in [1.29, 1.82) is 0 Å². The Morgan fingerprint density at radius 2 is 2.07 bits per heavy atom. The lowest BCUT2D eigenvalue weighted by Gasteiger charge is -2.41. The second-order valence-electron chi connectivity index (χ2n) is 7.45. The molecule has 0 saturated carbocycles. The van der Waals surface area contributed by atoms with Crippen LogP contribution in [0.3, 0.4) is 0 Å². The van der Waals surface area contributed by atoms with Gasteiger partial charge in [-0.15, -0.1) is 0 Å². The second kappa shape index (κ2) is 9.51. The van der Waals surface area contributed by atoms with Gasteiger partial charge < -0.3 is 5.11 Å². The molecule has 1 aliphatic heterocycles. The zero-order valence-electron chi connectivity index (χ0n) is 16.2. The fraction of sp³-hybridized carbons (Fsp3) is 0.476. The van der Waals surface area contributed by atoms with Gasteiger partial charge in [-0.05, 0) is 38.0 Å². The molecule has 27 heavy (non-hydrogen) atoms. The van der Waals surface area contributed by atoms with E-state index in [4.69, 9.17) is 11.6 Å². The van der Waals surface area contributed by atoms with Crippen LogP contribution in [0, 0.1) is 0 Å². The van der Waals surface area contributed by atoms with E-state index in [2.05, 4.69) is 39.9 Å². The van der Waals surface area contributed by atoms with Crippen molar-refractivity contribution in [2.24, 2.45) is 0 Å². The molecular formula is C21H29ClN4O. The van der Waals surface area contributed by atoms with Crippen LogP contribution in [0.4, 0.5) is 0 Å². The number of piperazine rings is 1. The number of H-pyrrole nitrogens is 1. The monoisotopic (exact) mass is 388 g/mol. The van der Waals surface area contributed by atoms with Crippen molar-refractivity contribution in [3.63, 3.8) is 0 Å². The van der Waals surface area contributed by atoms with Crippen molar-refractivity contribution in [2.75, 3.05) is 32.8 Å². The summed E-state index contributed by atoms with van der Waals surface area (Å²) >= 11 is 6.01. The summed E-state index contributed by atoms with van der Waals surface area (Å²) in [4.78, 5) is 4.94. The number of nitrogens with one attached hydrogen (secondary N) is 1. The summed E-state index contributed by atoms with van der Waals surface area (Å²) in [6.07, 6.45) is 5.00. The molecule has 0 amide bonds. The normalized spacial score (nSPS) is 18.6. The average molecular weight is 389 g/mol. The van der Waals surface area contributed by atoms with E-state index in [-0.39, 0.29) is 6.61 Å². The van der Waals surface area contributed by atoms with Gasteiger partial charge in [0.05, 0.1) is 11.9 Å². The van der Waals surface area contributed by atoms with E-state index in [9.17, 15) is 5.11 Å². The van der Waals surface area contributed by atoms with E-state index in [1.54, 1.807) is 0 Å². The number of aliphatic hydroxyl groups excluding tert-OH is 1. The fourth-order valence-electron chi connectivity index (χ4n) is 3.60. The zero-order valence-corrected chi connectivity index (χ0v) is 16.9. The van der Waals surface area contributed by atoms with E-state index < -0.39 is 0 Å². The summed E-state index contributed by atoms with van der Waals surface area (Å²) < 4.78 is 0. The third-order valence-electron chi connectivity index (χ3n) is 5.13. The number of benzene rings is 1. The van der Waals surface area contributed by atoms with Gasteiger partial charge in [0.2, 0.25) is 0 Å². The standard InChI is InChI=1S/C21H29ClN4O/c1-16(2)7-9-26-11-10-25(15-20(26)8-12-27)14-18-13-23-24-21(18)17-3-5-19(22)6-4-17/h3-7,13,20,27H,8-12,14-15H2,1-2H3,(H,23,24). The first-order valence-corrected chi connectivity index (χ1v) is 9.93. The molecule has 2 heterocycles. The van der Waals surface area contributed by atoms with Gasteiger partial charge in [0.1, 0.15) is 0 Å². The number of halogens is 1. The topological polar surface area (TPSA) is 55.4 Å². The summed E-state index contributed by atoms with van der Waals surface area (Å²) in [5.41, 5.74) is 4.68. The first-order valence-electron chi connectivity index (χ1n) is 9.55. The lowest BCUT2D eigenvalue weighted by molar-refractivity contribution is 0.0637. The van der Waals surface area contributed by atoms with Crippen LogP contribution >= 0.6 is 11.6 Å². The van der Waals surface area contributed by atoms with Gasteiger partial charge >= 0.3 is 0 Å². The largest absolute Gasteiger partial charge is 0.396 e. The lowest BCUT2D eigenvalue weighted by Crippen LogP contribution is -2.53. The van der Waals surface area contributed by atoms with Gasteiger partial charge in [-0.1, -0.05) is 35.4 Å². The molecule has 6 heteroatoms. The third kappa shape index (κ3) is 5.42. The Kier molecular flexibility index (Phi) is 7.07. The molecule has 0 radical (unpaired) electrons. The zero-order chi connectivity index (χ0) is 19.2. The minimum absolute atomic E-state index is 0.228. The molecule has 1 unspecified atom stereocenters. The molecule has 1 aliphatic rings. The number of rotatable bonds is 7. The highest BCUT2D eigenvalue weighted by Gasteiger charge is 2.26. The Labute approximate surface area is 166 Å². The van der Waals surface area contributed by atoms with E-state index in [1.165, 1.54) is 11.1 Å². The molecule has 3 rings (SSSR count). The first kappa shape index (κ1) is 20.1. The highest BCUT2D eigenvalue weighted by atomic mass is 35.5. The van der Waals surface area contributed by atoms with Crippen molar-refractivity contribution >= 4 is 11.6 Å². The summed E-state index contributed by atoms with van der Waals surface area (Å²) in [6.45, 7) is 9.30. The van der Waals surface area contributed by atoms with Crippen LogP contribution in [0.2, 0.25) is 5.02 Å². The van der Waals surface area contributed by atoms with E-state index >= 15 is 0 Å². The second-order valence-corrected chi connectivity index (χ2v) is 7.89. The molecule has 0 spiro atoms. The smallest absolute Gasteiger partial charge is 0.0695 e. The summed E-state index contributed by atoms with van der Waals surface area (Å²) in [5.74, 6) is 0. The predicted octanol–water partition coefficient (Wildman–Crippen LogP) is 3.56. The summed E-state index contributed by atoms with van der Waals surface area (Å²) in [6, 6.07) is 8.23. The van der Waals surface area contributed by atoms with Gasteiger partial charge in [-0.3, -0.25) is 14.9 Å². The molecule has 1 aromatic carbocycles. The number of allylic oxidation sites excluding steroid dienone is 1. The molecule has 2 aromatic rings. The molecule has 1 aromatic heterocycles. The minimum Gasteiger partial charge on any atom is -0.396 e. The Morgan fingerprint density at radius 1 is 1.30 bits per heavy atom. The number of aromatic nitrogens is 2. The number of hydrogen-bond donors (Lipinski definition) is 2. The van der Waals surface area contributed by atoms with Gasteiger partial charge in [-0.25, -0.2) is 0 Å². The summed E-state index contributed by atoms with van der Waals surface area (Å²) in [7, 11) is 0. The number of aliphatic hydroxyl groups is 1. The molecule has 1 fully saturated rings. The first-order chi connectivity index (χ1) is 13.1. The Hall–Kier alpha value is -1.66. The average Bonchev–Trinajstić information content (AvgIpc) is 3.10. The fourth-order valence-corrected chi connectivity index (χ4v) is 3.73. The highest BCUT2D eigenvalue weighted by Crippen LogP contribution is 2.25. The van der Waals surface area contributed by atoms with E-state index in [0.717, 1.165) is 55.4 Å². The van der Waals surface area contributed by atoms with Crippen LogP contribution < -0.4 is 0 Å². The molecule has 146 valence electrons. The Morgan fingerprint density at radius 3 is 2.78 bits per heavy atom. The Balaban J connectivity index is 1.67. The minimum atomic E-state index is 0.228. The molecule has 0 aliphatic carbocycles. The molecule has 2 N–H and O–H groups in total. The maximum Gasteiger partial charge on any atom is 0.0695 e. The van der Waals surface area contributed by atoms with Crippen LogP contribution in [0.5, 0.6) is 0 Å². The lowest BCUT2D eigenvalue weighted by atomic mass is 10.1. The van der Waals surface area contributed by atoms with E-state index in [0.29, 0.717) is 6.04 Å². The number of aromatic amines is 1. The van der Waals surface area contributed by atoms with Crippen molar-refractivity contribution in [1.82, 2.24) is 20.0 Å². The number of nitrogens with zero attached hydrogens (tertiary/aromatic N) is 3.